The summed E-state index contributed by atoms with van der Waals surface area (Å²) in [4.78, 5) is 0. The lowest BCUT2D eigenvalue weighted by atomic mass is 9.96. The SMILES string of the molecule is Cc1c(C2=CCC=C2)ccc2ccccc12. The average Bonchev–Trinajstić information content (AvgIpc) is 2.83. The maximum Gasteiger partial charge on any atom is -0.0149 e. The van der Waals surface area contributed by atoms with Gasteiger partial charge in [-0.1, -0.05) is 54.6 Å². The maximum absolute atomic E-state index is 2.29. The Morgan fingerprint density at radius 3 is 2.69 bits per heavy atom. The fraction of sp³-hybridized carbons (Fsp3) is 0.125. The number of allylic oxidation sites excluding steroid dienone is 4. The second-order valence-electron chi connectivity index (χ2n) is 4.26. The Labute approximate surface area is 95.9 Å². The van der Waals surface area contributed by atoms with Crippen molar-refractivity contribution in [1.29, 1.82) is 0 Å². The Kier molecular flexibility index (Phi) is 2.14. The van der Waals surface area contributed by atoms with Gasteiger partial charge in [0.1, 0.15) is 0 Å². The van der Waals surface area contributed by atoms with Crippen molar-refractivity contribution in [3.63, 3.8) is 0 Å². The molecule has 0 radical (unpaired) electrons. The molecule has 2 aromatic rings. The standard InChI is InChI=1S/C16H14/c1-12-15-9-5-4-8-14(15)10-11-16(12)13-6-2-3-7-13/h2,4-11H,3H2,1H3. The Morgan fingerprint density at radius 2 is 1.88 bits per heavy atom. The fourth-order valence-electron chi connectivity index (χ4n) is 2.40. The molecule has 0 fully saturated rings. The van der Waals surface area contributed by atoms with E-state index in [2.05, 4.69) is 61.5 Å². The number of aryl methyl sites for hydroxylation is 1. The number of fused-ring (bicyclic) bond motifs is 1. The lowest BCUT2D eigenvalue weighted by molar-refractivity contribution is 1.44. The summed E-state index contributed by atoms with van der Waals surface area (Å²) in [5, 5.41) is 2.69. The summed E-state index contributed by atoms with van der Waals surface area (Å²) in [6, 6.07) is 13.0. The monoisotopic (exact) mass is 206 g/mol. The zero-order valence-corrected chi connectivity index (χ0v) is 9.40. The predicted octanol–water partition coefficient (Wildman–Crippen LogP) is 4.49. The lowest BCUT2D eigenvalue weighted by Gasteiger charge is -2.09. The van der Waals surface area contributed by atoms with E-state index in [0.29, 0.717) is 0 Å². The first-order valence-corrected chi connectivity index (χ1v) is 5.72. The number of hydrogen-bond acceptors (Lipinski definition) is 0. The molecule has 0 spiro atoms. The Morgan fingerprint density at radius 1 is 1.00 bits per heavy atom. The molecule has 1 aliphatic rings. The highest BCUT2D eigenvalue weighted by Crippen LogP contribution is 2.29. The first-order valence-electron chi connectivity index (χ1n) is 5.72. The molecule has 0 amide bonds. The molecule has 0 heteroatoms. The third kappa shape index (κ3) is 1.38. The van der Waals surface area contributed by atoms with E-state index in [-0.39, 0.29) is 0 Å². The van der Waals surface area contributed by atoms with Crippen LogP contribution in [0, 0.1) is 6.92 Å². The molecule has 0 saturated carbocycles. The highest BCUT2D eigenvalue weighted by molar-refractivity contribution is 5.92. The third-order valence-electron chi connectivity index (χ3n) is 3.28. The van der Waals surface area contributed by atoms with E-state index in [0.717, 1.165) is 6.42 Å². The molecule has 0 nitrogen and oxygen atoms in total. The molecule has 0 N–H and O–H groups in total. The summed E-state index contributed by atoms with van der Waals surface area (Å²) >= 11 is 0. The summed E-state index contributed by atoms with van der Waals surface area (Å²) in [5.41, 5.74) is 4.12. The van der Waals surface area contributed by atoms with Gasteiger partial charge in [0.25, 0.3) is 0 Å². The zero-order chi connectivity index (χ0) is 11.0. The van der Waals surface area contributed by atoms with Crippen molar-refractivity contribution >= 4 is 16.3 Å². The van der Waals surface area contributed by atoms with Crippen LogP contribution in [0.2, 0.25) is 0 Å². The number of hydrogen-bond donors (Lipinski definition) is 0. The van der Waals surface area contributed by atoms with Gasteiger partial charge in [-0.15, -0.1) is 0 Å². The maximum atomic E-state index is 2.29. The summed E-state index contributed by atoms with van der Waals surface area (Å²) < 4.78 is 0. The average molecular weight is 206 g/mol. The molecule has 16 heavy (non-hydrogen) atoms. The van der Waals surface area contributed by atoms with Crippen LogP contribution in [-0.2, 0) is 0 Å². The molecule has 1 aliphatic carbocycles. The zero-order valence-electron chi connectivity index (χ0n) is 9.40. The highest BCUT2D eigenvalue weighted by Gasteiger charge is 2.07. The molecule has 78 valence electrons. The van der Waals surface area contributed by atoms with Crippen LogP contribution in [0.3, 0.4) is 0 Å². The van der Waals surface area contributed by atoms with Gasteiger partial charge in [0.2, 0.25) is 0 Å². The molecule has 0 unspecified atom stereocenters. The lowest BCUT2D eigenvalue weighted by Crippen LogP contribution is -1.87. The van der Waals surface area contributed by atoms with Gasteiger partial charge in [0.15, 0.2) is 0 Å². The molecule has 0 bridgehead atoms. The van der Waals surface area contributed by atoms with Gasteiger partial charge in [-0.05, 0) is 40.8 Å². The minimum atomic E-state index is 1.07. The van der Waals surface area contributed by atoms with Crippen LogP contribution < -0.4 is 0 Å². The van der Waals surface area contributed by atoms with E-state index in [4.69, 9.17) is 0 Å². The van der Waals surface area contributed by atoms with Crippen molar-refractivity contribution in [2.75, 3.05) is 0 Å². The molecule has 0 aromatic heterocycles. The van der Waals surface area contributed by atoms with E-state index in [1.807, 2.05) is 0 Å². The van der Waals surface area contributed by atoms with Crippen LogP contribution in [0.4, 0.5) is 0 Å². The fourth-order valence-corrected chi connectivity index (χ4v) is 2.40. The van der Waals surface area contributed by atoms with E-state index in [9.17, 15) is 0 Å². The molecular weight excluding hydrogens is 192 g/mol. The van der Waals surface area contributed by atoms with Crippen molar-refractivity contribution in [3.05, 3.63) is 65.8 Å². The molecule has 2 aromatic carbocycles. The van der Waals surface area contributed by atoms with E-state index < -0.39 is 0 Å². The number of rotatable bonds is 1. The van der Waals surface area contributed by atoms with Crippen LogP contribution >= 0.6 is 0 Å². The minimum Gasteiger partial charge on any atom is -0.0801 e. The van der Waals surface area contributed by atoms with Crippen molar-refractivity contribution in [2.45, 2.75) is 13.3 Å². The van der Waals surface area contributed by atoms with Crippen LogP contribution in [0.25, 0.3) is 16.3 Å². The Balaban J connectivity index is 2.27. The molecule has 0 heterocycles. The topological polar surface area (TPSA) is 0 Å². The minimum absolute atomic E-state index is 1.07. The second kappa shape index (κ2) is 3.64. The van der Waals surface area contributed by atoms with Gasteiger partial charge < -0.3 is 0 Å². The number of benzene rings is 2. The molecule has 0 atom stereocenters. The summed E-state index contributed by atoms with van der Waals surface area (Å²) in [7, 11) is 0. The largest absolute Gasteiger partial charge is 0.0801 e. The van der Waals surface area contributed by atoms with Gasteiger partial charge in [-0.25, -0.2) is 0 Å². The normalized spacial score (nSPS) is 14.4. The predicted molar refractivity (Wildman–Crippen MR) is 70.4 cm³/mol. The summed E-state index contributed by atoms with van der Waals surface area (Å²) in [6.07, 6.45) is 7.79. The Hall–Kier alpha value is -1.82. The summed E-state index contributed by atoms with van der Waals surface area (Å²) in [5.74, 6) is 0. The Bertz CT molecular complexity index is 600. The van der Waals surface area contributed by atoms with Crippen LogP contribution in [-0.4, -0.2) is 0 Å². The van der Waals surface area contributed by atoms with Crippen molar-refractivity contribution in [2.24, 2.45) is 0 Å². The second-order valence-corrected chi connectivity index (χ2v) is 4.26. The molecular formula is C16H14. The van der Waals surface area contributed by atoms with Gasteiger partial charge in [-0.2, -0.15) is 0 Å². The van der Waals surface area contributed by atoms with Gasteiger partial charge in [0.05, 0.1) is 0 Å². The smallest absolute Gasteiger partial charge is 0.0149 e. The van der Waals surface area contributed by atoms with Crippen LogP contribution in [0.5, 0.6) is 0 Å². The van der Waals surface area contributed by atoms with Crippen LogP contribution in [0.1, 0.15) is 17.5 Å². The van der Waals surface area contributed by atoms with Crippen LogP contribution in [0.15, 0.2) is 54.6 Å². The van der Waals surface area contributed by atoms with Crippen molar-refractivity contribution in [3.8, 4) is 0 Å². The van der Waals surface area contributed by atoms with Gasteiger partial charge in [0, 0.05) is 0 Å². The van der Waals surface area contributed by atoms with E-state index >= 15 is 0 Å². The summed E-state index contributed by atoms with van der Waals surface area (Å²) in [6.45, 7) is 2.21. The first-order chi connectivity index (χ1) is 7.86. The van der Waals surface area contributed by atoms with Crippen molar-refractivity contribution in [1.82, 2.24) is 0 Å². The third-order valence-corrected chi connectivity index (χ3v) is 3.28. The quantitative estimate of drug-likeness (QED) is 0.644. The van der Waals surface area contributed by atoms with Crippen molar-refractivity contribution < 1.29 is 0 Å². The van der Waals surface area contributed by atoms with Gasteiger partial charge >= 0.3 is 0 Å². The van der Waals surface area contributed by atoms with E-state index in [1.165, 1.54) is 27.5 Å². The molecule has 3 rings (SSSR count). The van der Waals surface area contributed by atoms with Gasteiger partial charge in [-0.3, -0.25) is 0 Å². The molecule has 0 aliphatic heterocycles. The first kappa shape index (κ1) is 9.41. The van der Waals surface area contributed by atoms with E-state index in [1.54, 1.807) is 0 Å². The molecule has 0 saturated heterocycles. The highest BCUT2D eigenvalue weighted by atomic mass is 14.1.